The van der Waals surface area contributed by atoms with Crippen molar-refractivity contribution in [2.75, 3.05) is 45.1 Å². The Morgan fingerprint density at radius 2 is 1.78 bits per heavy atom. The van der Waals surface area contributed by atoms with Crippen LogP contribution in [-0.2, 0) is 12.7 Å². The van der Waals surface area contributed by atoms with Crippen LogP contribution in [0.1, 0.15) is 59.4 Å². The topological polar surface area (TPSA) is 79.2 Å². The number of likely N-dealkylation sites (N-methyl/N-ethyl adjacent to an activating group) is 1. The minimum absolute atomic E-state index is 0.0461. The van der Waals surface area contributed by atoms with E-state index in [1.165, 1.54) is 18.6 Å². The van der Waals surface area contributed by atoms with Gasteiger partial charge in [0.15, 0.2) is 23.6 Å². The molecule has 1 N–H and O–H groups in total. The first-order valence-corrected chi connectivity index (χ1v) is 15.8. The number of hydrogen-bond acceptors (Lipinski definition) is 7. The number of imidazole rings is 1. The maximum atomic E-state index is 13.3. The lowest BCUT2D eigenvalue weighted by molar-refractivity contribution is -0.137. The van der Waals surface area contributed by atoms with Crippen molar-refractivity contribution in [2.45, 2.75) is 57.8 Å². The summed E-state index contributed by atoms with van der Waals surface area (Å²) < 4.78 is 41.9. The molecule has 8 nitrogen and oxygen atoms in total. The number of aldehydes is 1. The minimum Gasteiger partial charge on any atom is -0.365 e. The molecule has 1 saturated heterocycles. The lowest BCUT2D eigenvalue weighted by Gasteiger charge is -2.36. The van der Waals surface area contributed by atoms with Gasteiger partial charge in [0, 0.05) is 44.3 Å². The summed E-state index contributed by atoms with van der Waals surface area (Å²) in [5.74, 6) is 1.70. The molecule has 45 heavy (non-hydrogen) atoms. The number of benzene rings is 2. The van der Waals surface area contributed by atoms with Crippen molar-refractivity contribution in [3.8, 4) is 11.4 Å². The van der Waals surface area contributed by atoms with Crippen molar-refractivity contribution in [1.29, 1.82) is 0 Å². The average molecular weight is 620 g/mol. The first kappa shape index (κ1) is 31.2. The highest BCUT2D eigenvalue weighted by atomic mass is 19.4. The number of alkyl halides is 3. The van der Waals surface area contributed by atoms with Gasteiger partial charge in [0.1, 0.15) is 11.3 Å². The second-order valence-electron chi connectivity index (χ2n) is 12.5. The fourth-order valence-corrected chi connectivity index (χ4v) is 6.40. The summed E-state index contributed by atoms with van der Waals surface area (Å²) in [7, 11) is 2.16. The van der Waals surface area contributed by atoms with Gasteiger partial charge >= 0.3 is 6.18 Å². The molecule has 2 aliphatic rings. The van der Waals surface area contributed by atoms with E-state index in [0.29, 0.717) is 40.6 Å². The maximum absolute atomic E-state index is 13.3. The number of carbonyl (C=O) groups is 1. The van der Waals surface area contributed by atoms with Crippen LogP contribution in [0.25, 0.3) is 22.6 Å². The van der Waals surface area contributed by atoms with Gasteiger partial charge < -0.3 is 19.7 Å². The van der Waals surface area contributed by atoms with Crippen LogP contribution < -0.4 is 5.32 Å². The summed E-state index contributed by atoms with van der Waals surface area (Å²) in [5, 5.41) is 3.73. The van der Waals surface area contributed by atoms with Crippen LogP contribution in [0, 0.1) is 12.8 Å². The van der Waals surface area contributed by atoms with Gasteiger partial charge in [0.05, 0.1) is 5.56 Å². The lowest BCUT2D eigenvalue weighted by Crippen LogP contribution is -2.45. The van der Waals surface area contributed by atoms with Gasteiger partial charge in [-0.15, -0.1) is 0 Å². The van der Waals surface area contributed by atoms with E-state index in [0.717, 1.165) is 81.7 Å². The predicted molar refractivity (Wildman–Crippen MR) is 169 cm³/mol. The first-order chi connectivity index (χ1) is 21.7. The third kappa shape index (κ3) is 7.20. The summed E-state index contributed by atoms with van der Waals surface area (Å²) in [6.45, 7) is 7.63. The van der Waals surface area contributed by atoms with Crippen LogP contribution in [0.5, 0.6) is 0 Å². The number of fused-ring (bicyclic) bond motifs is 1. The van der Waals surface area contributed by atoms with E-state index >= 15 is 0 Å². The van der Waals surface area contributed by atoms with Crippen LogP contribution in [0.2, 0.25) is 0 Å². The molecule has 0 amide bonds. The third-order valence-corrected chi connectivity index (χ3v) is 9.25. The fourth-order valence-electron chi connectivity index (χ4n) is 6.40. The van der Waals surface area contributed by atoms with Crippen LogP contribution in [0.3, 0.4) is 0 Å². The number of piperazine rings is 1. The monoisotopic (exact) mass is 619 g/mol. The number of halogens is 3. The van der Waals surface area contributed by atoms with E-state index in [9.17, 15) is 18.0 Å². The molecular weight excluding hydrogens is 579 g/mol. The zero-order valence-electron chi connectivity index (χ0n) is 25.9. The molecule has 0 spiro atoms. The zero-order valence-corrected chi connectivity index (χ0v) is 25.9. The molecule has 2 fully saturated rings. The molecule has 1 unspecified atom stereocenters. The Kier molecular flexibility index (Phi) is 9.18. The Labute approximate surface area is 261 Å². The Hall–Kier alpha value is -3.83. The fraction of sp³-hybridized carbons (Fsp3) is 0.471. The van der Waals surface area contributed by atoms with Crippen molar-refractivity contribution >= 4 is 23.3 Å². The quantitative estimate of drug-likeness (QED) is 0.198. The van der Waals surface area contributed by atoms with Crippen molar-refractivity contribution < 1.29 is 18.0 Å². The van der Waals surface area contributed by atoms with E-state index in [-0.39, 0.29) is 18.4 Å². The molecule has 2 aromatic carbocycles. The number of aryl methyl sites for hydroxylation is 1. The molecule has 0 radical (unpaired) electrons. The number of nitrogens with zero attached hydrogens (tertiary/aromatic N) is 6. The number of rotatable bonds is 11. The Balaban J connectivity index is 1.36. The van der Waals surface area contributed by atoms with Crippen LogP contribution in [-0.4, -0.2) is 81.4 Å². The molecule has 1 aliphatic heterocycles. The van der Waals surface area contributed by atoms with Crippen molar-refractivity contribution in [3.63, 3.8) is 0 Å². The number of anilines is 1. The van der Waals surface area contributed by atoms with E-state index in [1.807, 2.05) is 35.8 Å². The van der Waals surface area contributed by atoms with Gasteiger partial charge in [-0.1, -0.05) is 42.3 Å². The summed E-state index contributed by atoms with van der Waals surface area (Å²) >= 11 is 0. The van der Waals surface area contributed by atoms with Gasteiger partial charge in [-0.2, -0.15) is 13.2 Å². The van der Waals surface area contributed by atoms with Gasteiger partial charge in [-0.3, -0.25) is 4.79 Å². The smallest absolute Gasteiger partial charge is 0.365 e. The van der Waals surface area contributed by atoms with Gasteiger partial charge in [-0.05, 0) is 75.9 Å². The molecule has 1 aliphatic carbocycles. The number of aromatic nitrogens is 4. The minimum atomic E-state index is -4.41. The molecule has 1 saturated carbocycles. The highest BCUT2D eigenvalue weighted by molar-refractivity contribution is 5.89. The van der Waals surface area contributed by atoms with Crippen molar-refractivity contribution in [3.05, 3.63) is 71.0 Å². The third-order valence-electron chi connectivity index (χ3n) is 9.25. The van der Waals surface area contributed by atoms with E-state index in [4.69, 9.17) is 4.98 Å². The number of nitrogens with one attached hydrogen (secondary N) is 1. The standard InChI is InChI=1S/C34H40F3N7O/c1-23-6-3-9-26(20-23)33-41-32-30(44(33)21-24-11-13-27(14-12-24)34(35,36)37)31(39-29(22-45)40-32)38-28(25-7-4-8-25)10-5-15-43-18-16-42(2)17-19-43/h3,6,9,11-14,20,22,25,28H,4-5,7-8,10,15-19,21H2,1-2H3,(H,38,39,40). The summed E-state index contributed by atoms with van der Waals surface area (Å²) in [6.07, 6.45) is 1.72. The van der Waals surface area contributed by atoms with Crippen molar-refractivity contribution in [1.82, 2.24) is 29.3 Å². The average Bonchev–Trinajstić information content (AvgIpc) is 3.35. The molecule has 1 atom stereocenters. The van der Waals surface area contributed by atoms with Gasteiger partial charge in [0.2, 0.25) is 0 Å². The summed E-state index contributed by atoms with van der Waals surface area (Å²) in [4.78, 5) is 30.9. The van der Waals surface area contributed by atoms with E-state index in [1.54, 1.807) is 0 Å². The van der Waals surface area contributed by atoms with Crippen molar-refractivity contribution in [2.24, 2.45) is 5.92 Å². The number of carbonyl (C=O) groups excluding carboxylic acids is 1. The molecule has 2 aromatic heterocycles. The van der Waals surface area contributed by atoms with Crippen LogP contribution in [0.4, 0.5) is 19.0 Å². The lowest BCUT2D eigenvalue weighted by atomic mass is 9.78. The normalized spacial score (nSPS) is 17.4. The molecule has 3 heterocycles. The second-order valence-corrected chi connectivity index (χ2v) is 12.5. The Bertz CT molecular complexity index is 1620. The Morgan fingerprint density at radius 1 is 1.02 bits per heavy atom. The molecular formula is C34H40F3N7O. The highest BCUT2D eigenvalue weighted by Crippen LogP contribution is 2.36. The number of hydrogen-bond donors (Lipinski definition) is 1. The van der Waals surface area contributed by atoms with Gasteiger partial charge in [-0.25, -0.2) is 15.0 Å². The van der Waals surface area contributed by atoms with Gasteiger partial charge in [0.25, 0.3) is 0 Å². The van der Waals surface area contributed by atoms with E-state index < -0.39 is 11.7 Å². The summed E-state index contributed by atoms with van der Waals surface area (Å²) in [6, 6.07) is 13.3. The Morgan fingerprint density at radius 3 is 2.42 bits per heavy atom. The first-order valence-electron chi connectivity index (χ1n) is 15.8. The highest BCUT2D eigenvalue weighted by Gasteiger charge is 2.31. The molecule has 4 aromatic rings. The largest absolute Gasteiger partial charge is 0.416 e. The van der Waals surface area contributed by atoms with E-state index in [2.05, 4.69) is 32.1 Å². The second kappa shape index (κ2) is 13.3. The molecule has 6 rings (SSSR count). The zero-order chi connectivity index (χ0) is 31.6. The van der Waals surface area contributed by atoms with Crippen LogP contribution in [0.15, 0.2) is 48.5 Å². The molecule has 238 valence electrons. The predicted octanol–water partition coefficient (Wildman–Crippen LogP) is 6.29. The maximum Gasteiger partial charge on any atom is 0.416 e. The summed E-state index contributed by atoms with van der Waals surface area (Å²) in [5.41, 5.74) is 2.90. The van der Waals surface area contributed by atoms with Crippen LogP contribution >= 0.6 is 0 Å². The molecule has 11 heteroatoms. The molecule has 0 bridgehead atoms. The SMILES string of the molecule is Cc1cccc(-c2nc3nc(C=O)nc(NC(CCCN4CCN(C)CC4)C4CCC4)c3n2Cc2ccc(C(F)(F)F)cc2)c1.